The fourth-order valence-corrected chi connectivity index (χ4v) is 4.96. The third-order valence-electron chi connectivity index (χ3n) is 4.97. The van der Waals surface area contributed by atoms with Gasteiger partial charge in [-0.1, -0.05) is 0 Å². The minimum absolute atomic E-state index is 0.0570. The van der Waals surface area contributed by atoms with E-state index in [9.17, 15) is 22.8 Å². The summed E-state index contributed by atoms with van der Waals surface area (Å²) in [6.45, 7) is 0.0829. The van der Waals surface area contributed by atoms with Crippen LogP contribution in [0.1, 0.15) is 12.8 Å². The monoisotopic (exact) mass is 395 g/mol. The fourth-order valence-electron chi connectivity index (χ4n) is 3.47. The van der Waals surface area contributed by atoms with Crippen molar-refractivity contribution in [3.8, 4) is 0 Å². The number of benzene rings is 1. The number of sulfonamides is 1. The lowest BCUT2D eigenvalue weighted by atomic mass is 10.1. The topological polar surface area (TPSA) is 119 Å². The van der Waals surface area contributed by atoms with Crippen LogP contribution < -0.4 is 5.76 Å². The highest BCUT2D eigenvalue weighted by Crippen LogP contribution is 2.26. The van der Waals surface area contributed by atoms with Crippen LogP contribution in [0.3, 0.4) is 0 Å². The smallest absolute Gasteiger partial charge is 0.419 e. The molecule has 4 rings (SSSR count). The van der Waals surface area contributed by atoms with Crippen LogP contribution in [0.4, 0.5) is 4.79 Å². The normalized spacial score (nSPS) is 19.8. The molecule has 1 aromatic carbocycles. The van der Waals surface area contributed by atoms with Gasteiger partial charge in [-0.05, 0) is 31.0 Å². The molecule has 1 aromatic heterocycles. The van der Waals surface area contributed by atoms with E-state index >= 15 is 0 Å². The molecule has 0 radical (unpaired) electrons. The van der Waals surface area contributed by atoms with Crippen molar-refractivity contribution in [3.63, 3.8) is 0 Å². The number of amides is 2. The highest BCUT2D eigenvalue weighted by Gasteiger charge is 2.40. The van der Waals surface area contributed by atoms with Gasteiger partial charge in [0.15, 0.2) is 12.2 Å². The van der Waals surface area contributed by atoms with Gasteiger partial charge in [-0.2, -0.15) is 4.31 Å². The number of hydrogen-bond acceptors (Lipinski definition) is 7. The molecule has 2 aliphatic rings. The summed E-state index contributed by atoms with van der Waals surface area (Å²) in [6, 6.07) is 3.89. The molecule has 2 saturated heterocycles. The van der Waals surface area contributed by atoms with E-state index in [2.05, 4.69) is 0 Å². The number of oxazole rings is 1. The second kappa shape index (κ2) is 6.20. The first-order chi connectivity index (χ1) is 12.8. The Morgan fingerprint density at radius 2 is 1.81 bits per heavy atom. The number of carbonyl (C=O) groups is 2. The first-order valence-corrected chi connectivity index (χ1v) is 9.81. The summed E-state index contributed by atoms with van der Waals surface area (Å²) in [4.78, 5) is 36.1. The van der Waals surface area contributed by atoms with Gasteiger partial charge >= 0.3 is 11.8 Å². The zero-order valence-corrected chi connectivity index (χ0v) is 15.3. The predicted octanol–water partition coefficient (Wildman–Crippen LogP) is 0.263. The molecule has 0 bridgehead atoms. The summed E-state index contributed by atoms with van der Waals surface area (Å²) in [6.07, 6.45) is 0.00610. The van der Waals surface area contributed by atoms with Crippen LogP contribution in [0, 0.1) is 0 Å². The van der Waals surface area contributed by atoms with Gasteiger partial charge in [0.2, 0.25) is 10.0 Å². The van der Waals surface area contributed by atoms with Crippen LogP contribution in [-0.2, 0) is 26.6 Å². The highest BCUT2D eigenvalue weighted by molar-refractivity contribution is 7.89. The Kier molecular flexibility index (Phi) is 4.07. The van der Waals surface area contributed by atoms with Gasteiger partial charge in [-0.15, -0.1) is 0 Å². The molecule has 2 amide bonds. The lowest BCUT2D eigenvalue weighted by Crippen LogP contribution is -2.48. The van der Waals surface area contributed by atoms with E-state index in [1.54, 1.807) is 0 Å². The number of rotatable bonds is 3. The highest BCUT2D eigenvalue weighted by atomic mass is 32.2. The predicted molar refractivity (Wildman–Crippen MR) is 91.4 cm³/mol. The molecule has 3 heterocycles. The number of ether oxygens (including phenoxy) is 1. The average Bonchev–Trinajstić information content (AvgIpc) is 3.13. The Morgan fingerprint density at radius 3 is 2.44 bits per heavy atom. The molecule has 2 aliphatic heterocycles. The number of carbonyl (C=O) groups excluding carboxylic acids is 2. The Hall–Kier alpha value is -2.66. The van der Waals surface area contributed by atoms with Crippen LogP contribution in [0.15, 0.2) is 32.3 Å². The third kappa shape index (κ3) is 2.82. The number of aryl methyl sites for hydroxylation is 1. The number of aromatic nitrogens is 1. The van der Waals surface area contributed by atoms with Crippen molar-refractivity contribution in [1.82, 2.24) is 13.8 Å². The number of nitrogens with zero attached hydrogens (tertiary/aromatic N) is 3. The van der Waals surface area contributed by atoms with E-state index in [0.29, 0.717) is 23.9 Å². The van der Waals surface area contributed by atoms with Crippen molar-refractivity contribution < 1.29 is 27.2 Å². The lowest BCUT2D eigenvalue weighted by molar-refractivity contribution is -0.127. The third-order valence-corrected chi connectivity index (χ3v) is 6.87. The van der Waals surface area contributed by atoms with E-state index < -0.39 is 27.8 Å². The second-order valence-electron chi connectivity index (χ2n) is 6.51. The lowest BCUT2D eigenvalue weighted by Gasteiger charge is -2.33. The Morgan fingerprint density at radius 1 is 1.11 bits per heavy atom. The maximum Gasteiger partial charge on any atom is 0.419 e. The molecule has 0 N–H and O–H groups in total. The summed E-state index contributed by atoms with van der Waals surface area (Å²) in [5, 5.41) is 0. The standard InChI is InChI=1S/C16H17N3O7S/c1-17-12-8-11(2-3-13(12)26-15(17)21)27(23,24)18-6-4-10(5-7-18)19-14(20)9-25-16(19)22/h2-3,8,10H,4-7,9H2,1H3. The van der Waals surface area contributed by atoms with Gasteiger partial charge in [0, 0.05) is 26.2 Å². The zero-order chi connectivity index (χ0) is 19.3. The molecule has 2 fully saturated rings. The molecule has 27 heavy (non-hydrogen) atoms. The number of imide groups is 1. The van der Waals surface area contributed by atoms with Crippen LogP contribution in [0.2, 0.25) is 0 Å². The molecule has 0 saturated carbocycles. The van der Waals surface area contributed by atoms with Crippen molar-refractivity contribution in [2.75, 3.05) is 19.7 Å². The van der Waals surface area contributed by atoms with E-state index in [4.69, 9.17) is 9.15 Å². The number of cyclic esters (lactones) is 1. The summed E-state index contributed by atoms with van der Waals surface area (Å²) in [5.74, 6) is -0.963. The molecule has 10 nitrogen and oxygen atoms in total. The van der Waals surface area contributed by atoms with E-state index in [-0.39, 0.29) is 30.6 Å². The molecule has 0 unspecified atom stereocenters. The van der Waals surface area contributed by atoms with Crippen LogP contribution >= 0.6 is 0 Å². The SMILES string of the molecule is Cn1c(=O)oc2ccc(S(=O)(=O)N3CCC(N4C(=O)COC4=O)CC3)cc21. The largest absolute Gasteiger partial charge is 0.439 e. The summed E-state index contributed by atoms with van der Waals surface area (Å²) in [7, 11) is -2.28. The quantitative estimate of drug-likeness (QED) is 0.731. The van der Waals surface area contributed by atoms with Gasteiger partial charge in [0.05, 0.1) is 10.4 Å². The number of piperidine rings is 1. The Bertz CT molecular complexity index is 1080. The average molecular weight is 395 g/mol. The summed E-state index contributed by atoms with van der Waals surface area (Å²) in [5.41, 5.74) is 0.701. The summed E-state index contributed by atoms with van der Waals surface area (Å²) < 4.78 is 38.2. The van der Waals surface area contributed by atoms with Crippen molar-refractivity contribution in [3.05, 3.63) is 28.7 Å². The van der Waals surface area contributed by atoms with Crippen LogP contribution in [0.25, 0.3) is 11.1 Å². The zero-order valence-electron chi connectivity index (χ0n) is 14.5. The van der Waals surface area contributed by atoms with Crippen LogP contribution in [0.5, 0.6) is 0 Å². The van der Waals surface area contributed by atoms with Crippen molar-refractivity contribution in [2.45, 2.75) is 23.8 Å². The van der Waals surface area contributed by atoms with Crippen molar-refractivity contribution in [2.24, 2.45) is 7.05 Å². The van der Waals surface area contributed by atoms with E-state index in [1.165, 1.54) is 34.1 Å². The first kappa shape index (κ1) is 17.7. The van der Waals surface area contributed by atoms with Gasteiger partial charge < -0.3 is 9.15 Å². The number of hydrogen-bond donors (Lipinski definition) is 0. The maximum atomic E-state index is 12.9. The van der Waals surface area contributed by atoms with Crippen molar-refractivity contribution >= 4 is 33.1 Å². The van der Waals surface area contributed by atoms with E-state index in [1.807, 2.05) is 0 Å². The molecular weight excluding hydrogens is 378 g/mol. The molecule has 0 atom stereocenters. The first-order valence-electron chi connectivity index (χ1n) is 8.37. The maximum absolute atomic E-state index is 12.9. The summed E-state index contributed by atoms with van der Waals surface area (Å²) >= 11 is 0. The fraction of sp³-hybridized carbons (Fsp3) is 0.438. The van der Waals surface area contributed by atoms with Gasteiger partial charge in [0.25, 0.3) is 5.91 Å². The molecule has 0 aliphatic carbocycles. The molecule has 144 valence electrons. The Labute approximate surface area is 153 Å². The van der Waals surface area contributed by atoms with Crippen LogP contribution in [-0.4, -0.2) is 59.9 Å². The molecule has 11 heteroatoms. The van der Waals surface area contributed by atoms with Gasteiger partial charge in [-0.3, -0.25) is 9.36 Å². The van der Waals surface area contributed by atoms with Gasteiger partial charge in [0.1, 0.15) is 0 Å². The second-order valence-corrected chi connectivity index (χ2v) is 8.45. The minimum Gasteiger partial charge on any atom is -0.439 e. The minimum atomic E-state index is -3.78. The molecular formula is C16H17N3O7S. The molecule has 0 spiro atoms. The number of fused-ring (bicyclic) bond motifs is 1. The van der Waals surface area contributed by atoms with Gasteiger partial charge in [-0.25, -0.2) is 22.9 Å². The van der Waals surface area contributed by atoms with Crippen molar-refractivity contribution in [1.29, 1.82) is 0 Å². The Balaban J connectivity index is 1.55. The molecule has 2 aromatic rings. The van der Waals surface area contributed by atoms with E-state index in [0.717, 1.165) is 4.90 Å².